The minimum atomic E-state index is -4.61. The predicted octanol–water partition coefficient (Wildman–Crippen LogP) is -3.59. The molecule has 0 spiro atoms. The average molecular weight is 204 g/mol. The molecule has 0 heterocycles. The molecule has 0 aromatic carbocycles. The van der Waals surface area contributed by atoms with Crippen molar-refractivity contribution in [1.29, 1.82) is 0 Å². The van der Waals surface area contributed by atoms with Crippen LogP contribution in [0.15, 0.2) is 0 Å². The first kappa shape index (κ1) is 15.8. The molecule has 0 saturated heterocycles. The molecule has 0 aromatic heterocycles. The molecule has 6 N–H and O–H groups in total. The first-order valence-corrected chi connectivity index (χ1v) is 2.68. The average Bonchev–Trinajstić information content (AvgIpc) is 0.722. The summed E-state index contributed by atoms with van der Waals surface area (Å²) in [7, 11) is -4.61. The Morgan fingerprint density at radius 3 is 1.00 bits per heavy atom. The van der Waals surface area contributed by atoms with Crippen LogP contribution in [0.2, 0.25) is 0 Å². The summed E-state index contributed by atoms with van der Waals surface area (Å²) in [5.74, 6) is 0. The Hall–Kier alpha value is 1.50. The first-order chi connectivity index (χ1) is 2.00. The van der Waals surface area contributed by atoms with Gasteiger partial charge in [-0.2, -0.15) is 0 Å². The van der Waals surface area contributed by atoms with Crippen LogP contribution in [0.1, 0.15) is 2.85 Å². The summed E-state index contributed by atoms with van der Waals surface area (Å²) < 4.78 is 0. The van der Waals surface area contributed by atoms with Crippen LogP contribution in [0.3, 0.4) is 0 Å². The topological polar surface area (TPSA) is 112 Å². The van der Waals surface area contributed by atoms with E-state index >= 15 is 0 Å². The normalized spacial score (nSPS) is 8.57. The smallest absolute Gasteiger partial charge is 1.00 e. The molecule has 0 radical (unpaired) electrons. The predicted molar refractivity (Wildman–Crippen MR) is 26.2 cm³/mol. The summed E-state index contributed by atoms with van der Waals surface area (Å²) in [6.07, 6.45) is 0. The quantitative estimate of drug-likeness (QED) is 0.305. The Kier molecular flexibility index (Phi) is 12.7. The van der Waals surface area contributed by atoms with E-state index < -0.39 is 9.05 Å². The fourth-order valence-electron chi connectivity index (χ4n) is 0. The zero-order valence-corrected chi connectivity index (χ0v) is 7.97. The summed E-state index contributed by atoms with van der Waals surface area (Å²) in [4.78, 5) is 29.3. The summed E-state index contributed by atoms with van der Waals surface area (Å²) in [6.45, 7) is 0. The van der Waals surface area contributed by atoms with Gasteiger partial charge < -0.3 is 27.5 Å². The second kappa shape index (κ2) is 5.63. The van der Waals surface area contributed by atoms with E-state index in [4.69, 9.17) is 19.2 Å². The molecule has 0 rings (SSSR count). The van der Waals surface area contributed by atoms with Gasteiger partial charge in [0.2, 0.25) is 0 Å². The summed E-state index contributed by atoms with van der Waals surface area (Å²) >= 11 is 0. The second-order valence-corrected chi connectivity index (χ2v) is 1.80. The third-order valence-corrected chi connectivity index (χ3v) is 0. The monoisotopic (exact) mass is 204 g/mol. The molecule has 0 bridgehead atoms. The second-order valence-electron chi connectivity index (χ2n) is 0.600. The molecule has 0 aliphatic heterocycles. The van der Waals surface area contributed by atoms with Crippen LogP contribution in [0.5, 0.6) is 0 Å². The maximum atomic E-state index is 7.33. The zero-order chi connectivity index (χ0) is 4.50. The molecule has 7 heteroatoms. The van der Waals surface area contributed by atoms with Crippen molar-refractivity contribution in [3.8, 4) is 0 Å². The van der Waals surface area contributed by atoms with Crippen molar-refractivity contribution in [2.45, 2.75) is 0 Å². The third-order valence-electron chi connectivity index (χ3n) is 0. The summed E-state index contributed by atoms with van der Waals surface area (Å²) in [5, 5.41) is 0. The van der Waals surface area contributed by atoms with Crippen LogP contribution in [0.4, 0.5) is 0 Å². The van der Waals surface area contributed by atoms with Crippen molar-refractivity contribution in [3.63, 3.8) is 0 Å². The van der Waals surface area contributed by atoms with Crippen molar-refractivity contribution >= 4 is 54.5 Å². The minimum absolute atomic E-state index is 0. The van der Waals surface area contributed by atoms with Crippen molar-refractivity contribution in [2.75, 3.05) is 0 Å². The summed E-state index contributed by atoms with van der Waals surface area (Å²) in [5.41, 5.74) is 0. The van der Waals surface area contributed by atoms with E-state index in [0.29, 0.717) is 0 Å². The van der Waals surface area contributed by atoms with Gasteiger partial charge in [0.05, 0.1) is 0 Å². The van der Waals surface area contributed by atoms with E-state index in [1.54, 1.807) is 0 Å². The van der Waals surface area contributed by atoms with E-state index in [2.05, 4.69) is 0 Å². The van der Waals surface area contributed by atoms with Gasteiger partial charge >= 0.3 is 54.5 Å². The van der Waals surface area contributed by atoms with Crippen LogP contribution >= 0.6 is 0 Å². The van der Waals surface area contributed by atoms with Crippen LogP contribution < -0.4 is 0 Å². The molecular weight excluding hydrogens is 196 g/mol. The van der Waals surface area contributed by atoms with Crippen molar-refractivity contribution < 1.29 is 27.5 Å². The Morgan fingerprint density at radius 1 is 1.00 bits per heavy atom. The van der Waals surface area contributed by atoms with Crippen molar-refractivity contribution in [2.24, 2.45) is 0 Å². The molecule has 0 aromatic rings. The van der Waals surface area contributed by atoms with Crippen LogP contribution in [0, 0.1) is 0 Å². The standard InChI is InChI=1S/H4O4Si.H2O.Sr.2H/c1-5(2,3)4;;;;/h1-4H;1H2;;;/q;;+2;2*-1. The molecule has 44 valence electrons. The van der Waals surface area contributed by atoms with Crippen LogP contribution in [-0.2, 0) is 0 Å². The molecule has 0 aliphatic carbocycles. The van der Waals surface area contributed by atoms with Crippen LogP contribution in [-0.4, -0.2) is 79.2 Å². The van der Waals surface area contributed by atoms with Gasteiger partial charge in [-0.3, -0.25) is 0 Å². The molecule has 7 heavy (non-hydrogen) atoms. The molecule has 0 amide bonds. The fourth-order valence-corrected chi connectivity index (χ4v) is 0. The number of rotatable bonds is 0. The van der Waals surface area contributed by atoms with Crippen LogP contribution in [0.25, 0.3) is 0 Å². The van der Waals surface area contributed by atoms with Gasteiger partial charge in [-0.05, 0) is 0 Å². The molecule has 5 nitrogen and oxygen atoms in total. The van der Waals surface area contributed by atoms with E-state index in [1.807, 2.05) is 0 Å². The largest absolute Gasteiger partial charge is 2.00 e. The Bertz CT molecular complexity index is 30.4. The Balaban J connectivity index is -0.0000000133. The maximum absolute atomic E-state index is 7.33. The maximum Gasteiger partial charge on any atom is 2.00 e. The Morgan fingerprint density at radius 2 is 1.00 bits per heavy atom. The van der Waals surface area contributed by atoms with E-state index in [0.717, 1.165) is 0 Å². The fraction of sp³-hybridized carbons (Fsp3) is 0. The summed E-state index contributed by atoms with van der Waals surface area (Å²) in [6, 6.07) is 0. The van der Waals surface area contributed by atoms with Gasteiger partial charge in [0.15, 0.2) is 0 Å². The number of hydrogen-bond acceptors (Lipinski definition) is 4. The van der Waals surface area contributed by atoms with Gasteiger partial charge in [-0.15, -0.1) is 0 Å². The molecule has 0 aliphatic rings. The van der Waals surface area contributed by atoms with Gasteiger partial charge in [0.25, 0.3) is 0 Å². The minimum Gasteiger partial charge on any atom is -1.00 e. The SMILES string of the molecule is O.O[Si](O)(O)O.[H-].[H-].[Sr+2]. The van der Waals surface area contributed by atoms with E-state index in [9.17, 15) is 0 Å². The van der Waals surface area contributed by atoms with Crippen molar-refractivity contribution in [3.05, 3.63) is 0 Å². The zero-order valence-electron chi connectivity index (χ0n) is 5.50. The van der Waals surface area contributed by atoms with E-state index in [-0.39, 0.29) is 53.8 Å². The molecule has 0 fully saturated rings. The van der Waals surface area contributed by atoms with Crippen molar-refractivity contribution in [1.82, 2.24) is 0 Å². The van der Waals surface area contributed by atoms with E-state index in [1.165, 1.54) is 0 Å². The van der Waals surface area contributed by atoms with Gasteiger partial charge in [-0.1, -0.05) is 0 Å². The van der Waals surface area contributed by atoms with Gasteiger partial charge in [0.1, 0.15) is 0 Å². The third kappa shape index (κ3) is 101. The molecule has 0 saturated carbocycles. The molecule has 0 unspecified atom stereocenters. The van der Waals surface area contributed by atoms with Gasteiger partial charge in [-0.25, -0.2) is 0 Å². The van der Waals surface area contributed by atoms with Gasteiger partial charge in [0, 0.05) is 0 Å². The number of hydrogen-bond donors (Lipinski definition) is 4. The first-order valence-electron chi connectivity index (χ1n) is 0.894. The molecular formula is H8O5SiSr. The Labute approximate surface area is 81.3 Å². The molecule has 0 atom stereocenters.